The normalized spacial score (nSPS) is 15.3. The predicted molar refractivity (Wildman–Crippen MR) is 348 cm³/mol. The molecule has 6 N–H and O–H groups in total. The predicted octanol–water partition coefficient (Wildman–Crippen LogP) is 10.8. The fraction of sp³-hybridized carbons (Fsp3) is 0.0952. The molecule has 4 aromatic carbocycles. The molecule has 10 aromatic rings. The highest BCUT2D eigenvalue weighted by atomic mass is 35.5. The minimum Gasteiger partial charge on any atom is -0.463 e. The first-order valence-electron chi connectivity index (χ1n) is 27.1. The van der Waals surface area contributed by atoms with E-state index in [1.807, 2.05) is 129 Å². The van der Waals surface area contributed by atoms with Gasteiger partial charge in [-0.15, -0.1) is 11.3 Å². The zero-order chi connectivity index (χ0) is 63.3. The number of thioether (sulfide) groups is 1. The van der Waals surface area contributed by atoms with E-state index in [4.69, 9.17) is 25.8 Å². The quantitative estimate of drug-likeness (QED) is 0.0106. The van der Waals surface area contributed by atoms with Gasteiger partial charge in [-0.2, -0.15) is 5.10 Å². The molecule has 1 fully saturated rings. The molecule has 1 aliphatic carbocycles. The van der Waals surface area contributed by atoms with Gasteiger partial charge in [0.15, 0.2) is 10.9 Å². The number of aromatic nitrogens is 6. The molecule has 2 aliphatic heterocycles. The number of Topliss-reactive ketones (excluding diaryl/α,β-unsaturated/α-hetero) is 1. The SMILES string of the molecule is Cc1ccc(-n2sc3ccccc3c2=O)cc1.Cc1ccc(N2NC(=O)/C(=C/c3ccc([N+](=O)[O-])o3)C2=O)cc1.N=Cc1c(-c2ccco2)nc(SCC(=O)Cc2nc(-c3ccccc3)cs2)[nH]c1=O.O=c1[nH]ncc(NNC=C2C=NC3C=CC=CC23)c1Cl. The third kappa shape index (κ3) is 15.1. The van der Waals surface area contributed by atoms with Crippen molar-refractivity contribution < 1.29 is 28.1 Å². The second kappa shape index (κ2) is 28.7. The largest absolute Gasteiger partial charge is 0.463 e. The molecule has 6 aromatic heterocycles. The van der Waals surface area contributed by atoms with Crippen molar-refractivity contribution in [1.29, 1.82) is 5.41 Å². The zero-order valence-corrected chi connectivity index (χ0v) is 50.6. The van der Waals surface area contributed by atoms with Crippen LogP contribution >= 0.6 is 46.2 Å². The molecule has 23 nitrogen and oxygen atoms in total. The Morgan fingerprint density at radius 1 is 0.878 bits per heavy atom. The zero-order valence-electron chi connectivity index (χ0n) is 47.4. The van der Waals surface area contributed by atoms with Gasteiger partial charge in [-0.25, -0.2) is 24.0 Å². The van der Waals surface area contributed by atoms with E-state index in [0.29, 0.717) is 22.3 Å². The molecular formula is C63H50ClN13O10S3. The number of furan rings is 2. The van der Waals surface area contributed by atoms with E-state index < -0.39 is 33.7 Å². The Hall–Kier alpha value is -10.9. The summed E-state index contributed by atoms with van der Waals surface area (Å²) >= 11 is 9.92. The number of halogens is 1. The van der Waals surface area contributed by atoms with Crippen molar-refractivity contribution in [2.45, 2.75) is 31.5 Å². The maximum absolute atomic E-state index is 12.4. The van der Waals surface area contributed by atoms with Crippen molar-refractivity contribution in [2.75, 3.05) is 16.2 Å². The number of nitro groups is 1. The van der Waals surface area contributed by atoms with E-state index in [2.05, 4.69) is 58.6 Å². The van der Waals surface area contributed by atoms with Crippen LogP contribution in [0.5, 0.6) is 0 Å². The molecule has 2 atom stereocenters. The maximum atomic E-state index is 12.4. The lowest BCUT2D eigenvalue weighted by Gasteiger charge is -2.15. The summed E-state index contributed by atoms with van der Waals surface area (Å²) in [5.74, 6) is -0.796. The number of nitrogens with one attached hydrogen (secondary N) is 6. The average molecular weight is 1280 g/mol. The molecular weight excluding hydrogens is 1230 g/mol. The molecule has 3 aliphatic rings. The van der Waals surface area contributed by atoms with Crippen molar-refractivity contribution in [3.63, 3.8) is 0 Å². The van der Waals surface area contributed by atoms with Gasteiger partial charge in [-0.05, 0) is 80.1 Å². The first kappa shape index (κ1) is 62.1. The van der Waals surface area contributed by atoms with Crippen LogP contribution in [0.2, 0.25) is 5.02 Å². The number of hydrazine groups is 2. The number of benzene rings is 4. The standard InChI is InChI=1S/C21H16N4O3S2.C15H11N3O5.C14H11NOS.C13H12ClN5O/c22-10-15-19(17-7-4-8-28-17)24-21(25-20(15)27)30-11-14(26)9-18-23-16(12-29-18)13-5-2-1-3-6-13;1-9-2-4-10(5-3-9)17-15(20)12(14(19)16-17)8-11-6-7-13(23-11)18(21)22;1-10-6-8-11(9-7-10)15-14(16)12-4-2-3-5-13(12)17-15;14-12-11(7-17-19-13(12)20)18-16-6-8-5-15-10-4-2-1-3-9(8)10/h1-8,10,12,22H,9,11H2,(H,24,25,27);2-8H,1H3,(H,16,19);2-9H,1H3;1-7,9-10,16H,(H2,18,19,20)/b;12-8-;;. The Morgan fingerprint density at radius 2 is 1.61 bits per heavy atom. The molecule has 13 rings (SSSR count). The van der Waals surface area contributed by atoms with Crippen LogP contribution in [0.25, 0.3) is 44.6 Å². The Kier molecular flexibility index (Phi) is 19.8. The minimum absolute atomic E-state index is 0.0210. The van der Waals surface area contributed by atoms with Gasteiger partial charge in [0.05, 0.1) is 75.1 Å². The lowest BCUT2D eigenvalue weighted by Crippen LogP contribution is -2.35. The fourth-order valence-corrected chi connectivity index (χ4v) is 11.5. The first-order valence-corrected chi connectivity index (χ1v) is 30.1. The summed E-state index contributed by atoms with van der Waals surface area (Å²) in [4.78, 5) is 98.3. The molecule has 2 amide bonds. The van der Waals surface area contributed by atoms with Crippen LogP contribution in [0.3, 0.4) is 0 Å². The Balaban J connectivity index is 0.000000135. The molecule has 2 unspecified atom stereocenters. The number of anilines is 2. The molecule has 0 saturated carbocycles. The second-order valence-electron chi connectivity index (χ2n) is 19.6. The van der Waals surface area contributed by atoms with Gasteiger partial charge in [-0.3, -0.25) is 54.7 Å². The number of allylic oxidation sites excluding steroid dienone is 2. The smallest absolute Gasteiger partial charge is 0.433 e. The number of amides is 2. The van der Waals surface area contributed by atoms with Gasteiger partial charge in [0.25, 0.3) is 28.5 Å². The van der Waals surface area contributed by atoms with E-state index in [1.165, 1.54) is 53.0 Å². The van der Waals surface area contributed by atoms with E-state index in [1.54, 1.807) is 34.4 Å². The molecule has 1 saturated heterocycles. The lowest BCUT2D eigenvalue weighted by atomic mass is 9.92. The van der Waals surface area contributed by atoms with Crippen molar-refractivity contribution in [3.05, 3.63) is 261 Å². The third-order valence-corrected chi connectivity index (χ3v) is 16.6. The molecule has 0 bridgehead atoms. The van der Waals surface area contributed by atoms with Crippen LogP contribution in [0.4, 0.5) is 17.3 Å². The summed E-state index contributed by atoms with van der Waals surface area (Å²) in [7, 11) is 0. The Morgan fingerprint density at radius 3 is 2.32 bits per heavy atom. The number of aliphatic imine (C=N–C) groups is 1. The van der Waals surface area contributed by atoms with E-state index >= 15 is 0 Å². The molecule has 8 heterocycles. The van der Waals surface area contributed by atoms with E-state index in [-0.39, 0.29) is 63.1 Å². The number of ketones is 1. The van der Waals surface area contributed by atoms with Crippen molar-refractivity contribution in [3.8, 4) is 28.4 Å². The summed E-state index contributed by atoms with van der Waals surface area (Å²) in [6.07, 6.45) is 17.1. The summed E-state index contributed by atoms with van der Waals surface area (Å²) in [6.45, 7) is 3.95. The van der Waals surface area contributed by atoms with Gasteiger partial charge in [0.1, 0.15) is 37.8 Å². The monoisotopic (exact) mass is 1280 g/mol. The number of aromatic amines is 2. The first-order chi connectivity index (χ1) is 43.6. The van der Waals surface area contributed by atoms with Gasteiger partial charge >= 0.3 is 5.88 Å². The number of thiazole rings is 1. The van der Waals surface area contributed by atoms with Crippen LogP contribution in [-0.2, 0) is 20.8 Å². The van der Waals surface area contributed by atoms with Gasteiger partial charge in [0.2, 0.25) is 0 Å². The second-order valence-corrected chi connectivity index (χ2v) is 22.9. The van der Waals surface area contributed by atoms with Crippen LogP contribution in [0.15, 0.2) is 220 Å². The van der Waals surface area contributed by atoms with E-state index in [0.717, 1.165) is 72.2 Å². The van der Waals surface area contributed by atoms with Gasteiger partial charge in [-0.1, -0.05) is 137 Å². The average Bonchev–Trinajstić information content (AvgIpc) is 2.14. The topological polar surface area (TPSA) is 323 Å². The number of aryl methyl sites for hydroxylation is 2. The summed E-state index contributed by atoms with van der Waals surface area (Å²) < 4.78 is 13.0. The summed E-state index contributed by atoms with van der Waals surface area (Å²) in [5, 5.41) is 28.9. The summed E-state index contributed by atoms with van der Waals surface area (Å²) in [5.41, 5.74) is 14.6. The molecule has 0 spiro atoms. The number of H-pyrrole nitrogens is 2. The van der Waals surface area contributed by atoms with Crippen LogP contribution < -0.4 is 38.0 Å². The van der Waals surface area contributed by atoms with Gasteiger partial charge < -0.3 is 24.7 Å². The highest BCUT2D eigenvalue weighted by Gasteiger charge is 2.35. The highest BCUT2D eigenvalue weighted by molar-refractivity contribution is 7.99. The molecule has 90 heavy (non-hydrogen) atoms. The van der Waals surface area contributed by atoms with Crippen LogP contribution in [0.1, 0.15) is 27.5 Å². The lowest BCUT2D eigenvalue weighted by molar-refractivity contribution is -0.402. The number of nitrogens with zero attached hydrogens (tertiary/aromatic N) is 7. The maximum Gasteiger partial charge on any atom is 0.433 e. The van der Waals surface area contributed by atoms with Crippen molar-refractivity contribution in [2.24, 2.45) is 10.9 Å². The van der Waals surface area contributed by atoms with Crippen LogP contribution in [-0.4, -0.2) is 75.9 Å². The Bertz CT molecular complexity index is 4640. The number of hydrogen-bond acceptors (Lipinski definition) is 20. The number of fused-ring (bicyclic) bond motifs is 2. The number of rotatable bonds is 15. The molecule has 452 valence electrons. The number of carbonyl (C=O) groups is 3. The Labute approximate surface area is 527 Å². The van der Waals surface area contributed by atoms with Crippen molar-refractivity contribution >= 4 is 110 Å². The van der Waals surface area contributed by atoms with Gasteiger partial charge in [0, 0.05) is 35.5 Å². The third-order valence-electron chi connectivity index (χ3n) is 13.3. The van der Waals surface area contributed by atoms with Crippen molar-refractivity contribution in [1.82, 2.24) is 40.0 Å². The summed E-state index contributed by atoms with van der Waals surface area (Å²) in [6, 6.07) is 38.5. The fourth-order valence-electron chi connectivity index (χ4n) is 8.79. The highest BCUT2D eigenvalue weighted by Crippen LogP contribution is 2.29. The molecule has 27 heteroatoms. The number of carbonyl (C=O) groups excluding carboxylic acids is 3. The van der Waals surface area contributed by atoms with Crippen LogP contribution in [0, 0.1) is 35.3 Å². The number of hydrogen-bond donors (Lipinski definition) is 6. The minimum atomic E-state index is -0.697. The molecule has 0 radical (unpaired) electrons. The van der Waals surface area contributed by atoms with E-state index in [9.17, 15) is 38.9 Å².